The van der Waals surface area contributed by atoms with E-state index in [2.05, 4.69) is 25.9 Å². The standard InChI is InChI=1S/C24H29N5O3.C24H29NO5.Na.H2O/c1-4-5-10-21(30)29(22(16(2)3)24(31)32)15-17-11-13-18(14-12-17)19-8-6-7-9-20(19)23-25-27-28-26-23;1-3-30-24(29)17(2)15-21(25-22(26)13-14-23(27)28)16-18-9-11-20(12-10-18)19-7-5-4-6-8-19;;/h6-9,11-14,16,22H,4-5,10,15H2,1-3H3,(H,31,32)(H,25,26,27,28);4-12,17,21H,3,13-16H2,1-2H3,(H,25,26)(H,27,28);;1H2/t22-;17-,21+;;/m01../s1. The number of esters is 1. The molecular weight excluding hydrogens is 828 g/mol. The molecule has 64 heavy (non-hydrogen) atoms. The number of ether oxygens (including phenoxy) is 1. The number of unbranched alkanes of at least 4 members (excludes halogenated alkanes) is 1. The molecule has 1 aromatic heterocycles. The maximum absolute atomic E-state index is 12.9. The maximum atomic E-state index is 12.9. The summed E-state index contributed by atoms with van der Waals surface area (Å²) in [6, 6.07) is 32.5. The van der Waals surface area contributed by atoms with E-state index in [-0.39, 0.29) is 90.1 Å². The molecule has 4 aromatic carbocycles. The molecule has 0 saturated heterocycles. The third kappa shape index (κ3) is 17.1. The zero-order valence-corrected chi connectivity index (χ0v) is 39.6. The van der Waals surface area contributed by atoms with Crippen LogP contribution in [0.2, 0.25) is 0 Å². The third-order valence-electron chi connectivity index (χ3n) is 10.2. The van der Waals surface area contributed by atoms with Gasteiger partial charge in [-0.25, -0.2) is 4.79 Å². The van der Waals surface area contributed by atoms with Gasteiger partial charge in [0.25, 0.3) is 0 Å². The van der Waals surface area contributed by atoms with Gasteiger partial charge in [0.2, 0.25) is 17.6 Å². The van der Waals surface area contributed by atoms with Gasteiger partial charge in [-0.2, -0.15) is 5.21 Å². The number of aliphatic carboxylic acids is 2. The number of nitrogens with zero attached hydrogens (tertiary/aromatic N) is 4. The second-order valence-corrected chi connectivity index (χ2v) is 15.4. The molecule has 0 saturated carbocycles. The Bertz CT molecular complexity index is 2190. The van der Waals surface area contributed by atoms with Crippen molar-refractivity contribution in [3.63, 3.8) is 0 Å². The summed E-state index contributed by atoms with van der Waals surface area (Å²) in [5.41, 5.74) is 6.91. The van der Waals surface area contributed by atoms with Gasteiger partial charge in [-0.15, -0.1) is 10.2 Å². The van der Waals surface area contributed by atoms with Crippen LogP contribution in [0.15, 0.2) is 103 Å². The number of H-pyrrole nitrogens is 1. The molecule has 0 bridgehead atoms. The van der Waals surface area contributed by atoms with Crippen molar-refractivity contribution in [1.29, 1.82) is 0 Å². The minimum Gasteiger partial charge on any atom is -0.481 e. The van der Waals surface area contributed by atoms with E-state index in [0.717, 1.165) is 51.8 Å². The summed E-state index contributed by atoms with van der Waals surface area (Å²) in [7, 11) is 0. The Morgan fingerprint density at radius 2 is 1.34 bits per heavy atom. The normalized spacial score (nSPS) is 11.9. The molecule has 16 heteroatoms. The molecule has 0 unspecified atom stereocenters. The molecule has 15 nitrogen and oxygen atoms in total. The van der Waals surface area contributed by atoms with Gasteiger partial charge < -0.3 is 30.6 Å². The fourth-order valence-corrected chi connectivity index (χ4v) is 7.05. The third-order valence-corrected chi connectivity index (χ3v) is 10.2. The van der Waals surface area contributed by atoms with Crippen molar-refractivity contribution >= 4 is 59.3 Å². The molecule has 5 aromatic rings. The SMILES string of the molecule is CCCCC(=O)N(Cc1ccc(-c2ccccc2-c2nn[nH]n2)cc1)[C@H](C(=O)O)C(C)C.CCOC(=O)[C@H](C)C[C@@H](Cc1ccc(-c2ccccc2)cc1)NC(=O)CCC(=O)O.O.[Na]. The number of hydrogen-bond acceptors (Lipinski definition) is 9. The number of tetrazole rings is 1. The smallest absolute Gasteiger partial charge is 0.326 e. The first kappa shape index (κ1) is 54.4. The Balaban J connectivity index is 0.000000428. The summed E-state index contributed by atoms with van der Waals surface area (Å²) >= 11 is 0. The van der Waals surface area contributed by atoms with E-state index in [1.807, 2.05) is 124 Å². The molecule has 0 fully saturated rings. The van der Waals surface area contributed by atoms with Gasteiger partial charge in [0.15, 0.2) is 0 Å². The number of carbonyl (C=O) groups is 5. The molecular formula is C48H60N6NaO9. The molecule has 0 aliphatic rings. The molecule has 3 atom stereocenters. The van der Waals surface area contributed by atoms with E-state index in [9.17, 15) is 29.1 Å². The molecule has 2 amide bonds. The van der Waals surface area contributed by atoms with E-state index in [0.29, 0.717) is 31.7 Å². The van der Waals surface area contributed by atoms with Crippen LogP contribution in [0.5, 0.6) is 0 Å². The maximum Gasteiger partial charge on any atom is 0.326 e. The molecule has 1 radical (unpaired) electrons. The molecule has 0 aliphatic heterocycles. The summed E-state index contributed by atoms with van der Waals surface area (Å²) in [5.74, 6) is -2.81. The second kappa shape index (κ2) is 28.1. The predicted molar refractivity (Wildman–Crippen MR) is 246 cm³/mol. The van der Waals surface area contributed by atoms with Gasteiger partial charge in [-0.1, -0.05) is 137 Å². The second-order valence-electron chi connectivity index (χ2n) is 15.4. The first-order valence-electron chi connectivity index (χ1n) is 21.1. The van der Waals surface area contributed by atoms with Gasteiger partial charge in [-0.3, -0.25) is 19.2 Å². The van der Waals surface area contributed by atoms with Crippen molar-refractivity contribution in [2.75, 3.05) is 6.61 Å². The number of aromatic amines is 1. The minimum absolute atomic E-state index is 0. The number of carboxylic acids is 2. The molecule has 337 valence electrons. The van der Waals surface area contributed by atoms with Crippen molar-refractivity contribution < 1.29 is 44.4 Å². The van der Waals surface area contributed by atoms with Crippen LogP contribution < -0.4 is 5.32 Å². The van der Waals surface area contributed by atoms with Crippen molar-refractivity contribution in [2.24, 2.45) is 11.8 Å². The summed E-state index contributed by atoms with van der Waals surface area (Å²) in [5, 5.41) is 35.7. The van der Waals surface area contributed by atoms with Crippen molar-refractivity contribution in [3.05, 3.63) is 114 Å². The zero-order valence-electron chi connectivity index (χ0n) is 37.6. The first-order chi connectivity index (χ1) is 29.8. The van der Waals surface area contributed by atoms with E-state index >= 15 is 0 Å². The largest absolute Gasteiger partial charge is 0.481 e. The Labute approximate surface area is 397 Å². The molecule has 1 heterocycles. The number of hydrogen-bond donors (Lipinski definition) is 4. The Morgan fingerprint density at radius 1 is 0.750 bits per heavy atom. The van der Waals surface area contributed by atoms with Gasteiger partial charge in [-0.05, 0) is 70.7 Å². The molecule has 0 aliphatic carbocycles. The van der Waals surface area contributed by atoms with Crippen LogP contribution in [0.4, 0.5) is 0 Å². The van der Waals surface area contributed by atoms with Crippen LogP contribution in [0.1, 0.15) is 84.3 Å². The number of amides is 2. The quantitative estimate of drug-likeness (QED) is 0.0442. The minimum atomic E-state index is -1.02. The number of benzene rings is 4. The van der Waals surface area contributed by atoms with Crippen LogP contribution in [0, 0.1) is 11.8 Å². The van der Waals surface area contributed by atoms with Gasteiger partial charge in [0.1, 0.15) is 6.04 Å². The average Bonchev–Trinajstić information content (AvgIpc) is 3.81. The van der Waals surface area contributed by atoms with Crippen LogP contribution in [0.3, 0.4) is 0 Å². The van der Waals surface area contributed by atoms with Crippen molar-refractivity contribution in [2.45, 2.75) is 98.2 Å². The number of aromatic nitrogens is 4. The molecule has 6 N–H and O–H groups in total. The topological polar surface area (TPSA) is 236 Å². The number of carboxylic acid groups (broad SMARTS) is 2. The van der Waals surface area contributed by atoms with E-state index in [1.54, 1.807) is 13.8 Å². The number of nitrogens with one attached hydrogen (secondary N) is 2. The summed E-state index contributed by atoms with van der Waals surface area (Å²) in [6.07, 6.45) is 2.61. The van der Waals surface area contributed by atoms with Crippen LogP contribution >= 0.6 is 0 Å². The van der Waals surface area contributed by atoms with Gasteiger partial charge in [0, 0.05) is 60.5 Å². The molecule has 5 rings (SSSR count). The average molecular weight is 888 g/mol. The van der Waals surface area contributed by atoms with E-state index < -0.39 is 18.0 Å². The van der Waals surface area contributed by atoms with Crippen molar-refractivity contribution in [3.8, 4) is 33.6 Å². The monoisotopic (exact) mass is 887 g/mol. The summed E-state index contributed by atoms with van der Waals surface area (Å²) < 4.78 is 5.07. The van der Waals surface area contributed by atoms with Crippen LogP contribution in [-0.2, 0) is 41.7 Å². The first-order valence-corrected chi connectivity index (χ1v) is 21.1. The summed E-state index contributed by atoms with van der Waals surface area (Å²) in [6.45, 7) is 9.76. The number of rotatable bonds is 21. The Kier molecular flexibility index (Phi) is 23.9. The van der Waals surface area contributed by atoms with Crippen LogP contribution in [-0.4, -0.2) is 119 Å². The van der Waals surface area contributed by atoms with Gasteiger partial charge >= 0.3 is 17.9 Å². The molecule has 0 spiro atoms. The summed E-state index contributed by atoms with van der Waals surface area (Å²) in [4.78, 5) is 61.2. The van der Waals surface area contributed by atoms with Crippen molar-refractivity contribution in [1.82, 2.24) is 30.8 Å². The fraction of sp³-hybridized carbons (Fsp3) is 0.375. The van der Waals surface area contributed by atoms with E-state index in [1.165, 1.54) is 4.90 Å². The fourth-order valence-electron chi connectivity index (χ4n) is 7.05. The predicted octanol–water partition coefficient (Wildman–Crippen LogP) is 6.79. The zero-order chi connectivity index (χ0) is 45.0. The van der Waals surface area contributed by atoms with Crippen LogP contribution in [0.25, 0.3) is 33.6 Å². The van der Waals surface area contributed by atoms with Gasteiger partial charge in [0.05, 0.1) is 18.9 Å². The Hall–Kier alpha value is -5.74. The van der Waals surface area contributed by atoms with E-state index in [4.69, 9.17) is 9.84 Å². The number of carbonyl (C=O) groups excluding carboxylic acids is 3. The Morgan fingerprint density at radius 3 is 1.91 bits per heavy atom.